The van der Waals surface area contributed by atoms with Gasteiger partial charge >= 0.3 is 12.8 Å². The average Bonchev–Trinajstić information content (AvgIpc) is 2.57. The van der Waals surface area contributed by atoms with Crippen LogP contribution in [0.2, 0.25) is 0 Å². The van der Waals surface area contributed by atoms with Gasteiger partial charge in [0.15, 0.2) is 5.75 Å². The maximum atomic E-state index is 11.0. The normalized spacial score (nSPS) is 19.9. The summed E-state index contributed by atoms with van der Waals surface area (Å²) in [5, 5.41) is 11.0. The van der Waals surface area contributed by atoms with Gasteiger partial charge in [-0.25, -0.2) is 0 Å². The van der Waals surface area contributed by atoms with Gasteiger partial charge in [0.2, 0.25) is 0 Å². The second kappa shape index (κ2) is 4.71. The molecule has 2 heterocycles. The van der Waals surface area contributed by atoms with Gasteiger partial charge in [-0.15, -0.1) is 0 Å². The van der Waals surface area contributed by atoms with Crippen LogP contribution in [0.1, 0.15) is 27.7 Å². The molecule has 0 aromatic carbocycles. The molecule has 20 heavy (non-hydrogen) atoms. The van der Waals surface area contributed by atoms with Crippen LogP contribution in [0.3, 0.4) is 0 Å². The van der Waals surface area contributed by atoms with Crippen LogP contribution in [-0.4, -0.2) is 35.3 Å². The molecule has 2 rings (SSSR count). The van der Waals surface area contributed by atoms with Crippen LogP contribution >= 0.6 is 0 Å². The number of pyridine rings is 1. The lowest BCUT2D eigenvalue weighted by molar-refractivity contribution is -0.386. The molecule has 0 amide bonds. The number of hydrogen-bond acceptors (Lipinski definition) is 6. The highest BCUT2D eigenvalue weighted by Gasteiger charge is 2.53. The average molecular weight is 280 g/mol. The first-order valence-electron chi connectivity index (χ1n) is 6.21. The Hall–Kier alpha value is -1.67. The van der Waals surface area contributed by atoms with E-state index < -0.39 is 23.2 Å². The van der Waals surface area contributed by atoms with Crippen molar-refractivity contribution in [1.29, 1.82) is 0 Å². The summed E-state index contributed by atoms with van der Waals surface area (Å²) in [6, 6.07) is 0. The second-order valence-corrected chi connectivity index (χ2v) is 5.63. The van der Waals surface area contributed by atoms with Crippen molar-refractivity contribution in [2.45, 2.75) is 38.9 Å². The zero-order valence-electron chi connectivity index (χ0n) is 12.2. The van der Waals surface area contributed by atoms with Gasteiger partial charge in [0.1, 0.15) is 6.20 Å². The van der Waals surface area contributed by atoms with E-state index in [2.05, 4.69) is 4.98 Å². The van der Waals surface area contributed by atoms with Crippen molar-refractivity contribution in [3.63, 3.8) is 0 Å². The Morgan fingerprint density at radius 1 is 1.25 bits per heavy atom. The summed E-state index contributed by atoms with van der Waals surface area (Å²) in [5.74, 6) is 0.114. The van der Waals surface area contributed by atoms with E-state index in [4.69, 9.17) is 14.0 Å². The van der Waals surface area contributed by atoms with Gasteiger partial charge in [0.25, 0.3) is 0 Å². The van der Waals surface area contributed by atoms with E-state index in [1.165, 1.54) is 13.3 Å². The van der Waals surface area contributed by atoms with Crippen LogP contribution in [0.25, 0.3) is 0 Å². The molecule has 0 atom stereocenters. The number of ether oxygens (including phenoxy) is 1. The summed E-state index contributed by atoms with van der Waals surface area (Å²) >= 11 is 0. The van der Waals surface area contributed by atoms with E-state index in [0.29, 0.717) is 5.46 Å². The molecule has 0 N–H and O–H groups in total. The summed E-state index contributed by atoms with van der Waals surface area (Å²) in [6.07, 6.45) is 2.61. The lowest BCUT2D eigenvalue weighted by Gasteiger charge is -2.32. The minimum Gasteiger partial charge on any atom is -0.490 e. The van der Waals surface area contributed by atoms with Crippen molar-refractivity contribution < 1.29 is 19.0 Å². The molecule has 1 aliphatic rings. The summed E-state index contributed by atoms with van der Waals surface area (Å²) in [7, 11) is 0.624. The van der Waals surface area contributed by atoms with Crippen LogP contribution in [0.15, 0.2) is 12.4 Å². The summed E-state index contributed by atoms with van der Waals surface area (Å²) in [6.45, 7) is 7.63. The topological polar surface area (TPSA) is 83.7 Å². The van der Waals surface area contributed by atoms with Gasteiger partial charge in [-0.3, -0.25) is 15.1 Å². The Morgan fingerprint density at radius 2 is 1.80 bits per heavy atom. The highest BCUT2D eigenvalue weighted by Crippen LogP contribution is 2.37. The third-order valence-corrected chi connectivity index (χ3v) is 3.81. The van der Waals surface area contributed by atoms with Crippen LogP contribution < -0.4 is 10.2 Å². The molecule has 0 radical (unpaired) electrons. The number of nitro groups is 1. The minimum atomic E-state index is -0.748. The predicted octanol–water partition coefficient (Wildman–Crippen LogP) is 1.30. The van der Waals surface area contributed by atoms with E-state index in [-0.39, 0.29) is 11.4 Å². The second-order valence-electron chi connectivity index (χ2n) is 5.63. The third-order valence-electron chi connectivity index (χ3n) is 3.81. The van der Waals surface area contributed by atoms with Crippen molar-refractivity contribution in [1.82, 2.24) is 4.98 Å². The van der Waals surface area contributed by atoms with Gasteiger partial charge < -0.3 is 14.0 Å². The van der Waals surface area contributed by atoms with E-state index >= 15 is 0 Å². The molecule has 1 saturated heterocycles. The molecule has 1 fully saturated rings. The van der Waals surface area contributed by atoms with Crippen molar-refractivity contribution >= 4 is 18.3 Å². The molecule has 0 spiro atoms. The molecule has 1 aromatic heterocycles. The van der Waals surface area contributed by atoms with Gasteiger partial charge in [-0.1, -0.05) is 0 Å². The molecular formula is C12H17BN2O5. The third kappa shape index (κ3) is 2.25. The monoisotopic (exact) mass is 280 g/mol. The molecule has 0 unspecified atom stereocenters. The van der Waals surface area contributed by atoms with Gasteiger partial charge in [-0.05, 0) is 27.7 Å². The molecule has 8 heteroatoms. The Balaban J connectivity index is 2.45. The molecule has 1 aromatic rings. The van der Waals surface area contributed by atoms with Crippen LogP contribution in [0.4, 0.5) is 5.69 Å². The number of hydrogen-bond donors (Lipinski definition) is 0. The summed E-state index contributed by atoms with van der Waals surface area (Å²) in [4.78, 5) is 14.3. The van der Waals surface area contributed by atoms with Gasteiger partial charge in [-0.2, -0.15) is 0 Å². The van der Waals surface area contributed by atoms with Crippen molar-refractivity contribution in [2.75, 3.05) is 7.11 Å². The first-order valence-corrected chi connectivity index (χ1v) is 6.21. The molecule has 0 saturated carbocycles. The van der Waals surface area contributed by atoms with Crippen LogP contribution in [-0.2, 0) is 9.31 Å². The maximum Gasteiger partial charge on any atom is 0.500 e. The molecule has 1 aliphatic heterocycles. The number of rotatable bonds is 3. The predicted molar refractivity (Wildman–Crippen MR) is 73.2 cm³/mol. The molecule has 7 nitrogen and oxygen atoms in total. The van der Waals surface area contributed by atoms with E-state index in [0.717, 1.165) is 6.20 Å². The fourth-order valence-electron chi connectivity index (χ4n) is 1.94. The van der Waals surface area contributed by atoms with Crippen LogP contribution in [0.5, 0.6) is 5.75 Å². The van der Waals surface area contributed by atoms with Crippen LogP contribution in [0, 0.1) is 10.1 Å². The lowest BCUT2D eigenvalue weighted by Crippen LogP contribution is -2.41. The van der Waals surface area contributed by atoms with Gasteiger partial charge in [0, 0.05) is 6.20 Å². The zero-order valence-corrected chi connectivity index (χ0v) is 12.2. The van der Waals surface area contributed by atoms with E-state index in [9.17, 15) is 10.1 Å². The summed E-state index contributed by atoms with van der Waals surface area (Å²) < 4.78 is 16.9. The fourth-order valence-corrected chi connectivity index (χ4v) is 1.94. The molecule has 0 bridgehead atoms. The number of nitrogens with zero attached hydrogens (tertiary/aromatic N) is 2. The van der Waals surface area contributed by atoms with Crippen molar-refractivity contribution in [3.8, 4) is 5.75 Å². The first-order chi connectivity index (χ1) is 9.19. The number of aromatic nitrogens is 1. The highest BCUT2D eigenvalue weighted by atomic mass is 16.7. The first kappa shape index (κ1) is 14.7. The Morgan fingerprint density at radius 3 is 2.25 bits per heavy atom. The Kier molecular flexibility index (Phi) is 3.47. The quantitative estimate of drug-likeness (QED) is 0.471. The molecule has 108 valence electrons. The lowest BCUT2D eigenvalue weighted by atomic mass is 9.79. The van der Waals surface area contributed by atoms with Crippen molar-refractivity contribution in [3.05, 3.63) is 22.5 Å². The Labute approximate surface area is 117 Å². The van der Waals surface area contributed by atoms with Gasteiger partial charge in [0.05, 0.1) is 28.7 Å². The van der Waals surface area contributed by atoms with E-state index in [1.54, 1.807) is 0 Å². The largest absolute Gasteiger partial charge is 0.500 e. The summed E-state index contributed by atoms with van der Waals surface area (Å²) in [5.41, 5.74) is -0.860. The Bertz CT molecular complexity index is 531. The highest BCUT2D eigenvalue weighted by molar-refractivity contribution is 6.63. The standard InChI is InChI=1S/C12H17BN2O5/c1-11(2)12(3,4)20-13(19-11)8-6-14-7-9(15(16)17)10(8)18-5/h6-7H,1-5H3. The zero-order chi connectivity index (χ0) is 15.1. The van der Waals surface area contributed by atoms with E-state index in [1.807, 2.05) is 27.7 Å². The smallest absolute Gasteiger partial charge is 0.490 e. The fraction of sp³-hybridized carbons (Fsp3) is 0.583. The molecule has 0 aliphatic carbocycles. The number of methoxy groups -OCH3 is 1. The minimum absolute atomic E-state index is 0.114. The van der Waals surface area contributed by atoms with Crippen molar-refractivity contribution in [2.24, 2.45) is 0 Å². The maximum absolute atomic E-state index is 11.0. The SMILES string of the molecule is COc1c(B2OC(C)(C)C(C)(C)O2)cncc1[N+](=O)[O-]. The molecular weight excluding hydrogens is 263 g/mol.